The van der Waals surface area contributed by atoms with Crippen LogP contribution in [0.4, 0.5) is 20.2 Å². The largest absolute Gasteiger partial charge is 0.478 e. The molecule has 0 heterocycles. The normalized spacial score (nSPS) is 11.2. The van der Waals surface area contributed by atoms with E-state index in [9.17, 15) is 22.0 Å². The van der Waals surface area contributed by atoms with E-state index < -0.39 is 32.5 Å². The molecule has 0 radical (unpaired) electrons. The lowest BCUT2D eigenvalue weighted by molar-refractivity contribution is 0.0697. The Morgan fingerprint density at radius 2 is 1.77 bits per heavy atom. The third kappa shape index (κ3) is 4.10. The van der Waals surface area contributed by atoms with Crippen molar-refractivity contribution in [3.8, 4) is 0 Å². The van der Waals surface area contributed by atoms with Gasteiger partial charge >= 0.3 is 5.97 Å². The van der Waals surface area contributed by atoms with Crippen molar-refractivity contribution in [2.75, 3.05) is 22.7 Å². The molecule has 0 saturated carbocycles. The number of nitrogens with one attached hydrogen (secondary N) is 1. The molecule has 0 spiro atoms. The molecule has 140 valence electrons. The van der Waals surface area contributed by atoms with Gasteiger partial charge in [-0.1, -0.05) is 0 Å². The first kappa shape index (κ1) is 19.6. The number of anilines is 2. The summed E-state index contributed by atoms with van der Waals surface area (Å²) in [7, 11) is -4.47. The third-order valence-electron chi connectivity index (χ3n) is 3.77. The van der Waals surface area contributed by atoms with Crippen LogP contribution in [-0.2, 0) is 10.0 Å². The molecule has 2 N–H and O–H groups in total. The highest BCUT2D eigenvalue weighted by Gasteiger charge is 2.23. The minimum Gasteiger partial charge on any atom is -0.478 e. The van der Waals surface area contributed by atoms with Crippen LogP contribution in [0.15, 0.2) is 41.3 Å². The summed E-state index contributed by atoms with van der Waals surface area (Å²) in [5.74, 6) is -3.26. The standard InChI is InChI=1S/C17H18F2N2O4S/c1-3-21(4-2)15-8-5-11(17(22)23)9-14(15)20-26(24,25)16-10-12(18)6-7-13(16)19/h5-10,20H,3-4H2,1-2H3,(H,22,23). The van der Waals surface area contributed by atoms with Gasteiger partial charge in [-0.05, 0) is 50.2 Å². The van der Waals surface area contributed by atoms with Crippen molar-refractivity contribution in [2.24, 2.45) is 0 Å². The van der Waals surface area contributed by atoms with E-state index in [0.717, 1.165) is 12.1 Å². The summed E-state index contributed by atoms with van der Waals surface area (Å²) in [6.07, 6.45) is 0. The molecule has 9 heteroatoms. The molecule has 0 fully saturated rings. The maximum Gasteiger partial charge on any atom is 0.335 e. The van der Waals surface area contributed by atoms with Crippen LogP contribution in [0.1, 0.15) is 24.2 Å². The zero-order chi connectivity index (χ0) is 19.5. The highest BCUT2D eigenvalue weighted by molar-refractivity contribution is 7.92. The minimum atomic E-state index is -4.47. The van der Waals surface area contributed by atoms with Crippen LogP contribution in [0, 0.1) is 11.6 Å². The molecule has 0 bridgehead atoms. The molecule has 6 nitrogen and oxygen atoms in total. The van der Waals surface area contributed by atoms with Gasteiger partial charge in [0.05, 0.1) is 16.9 Å². The fraction of sp³-hybridized carbons (Fsp3) is 0.235. The monoisotopic (exact) mass is 384 g/mol. The molecule has 0 aliphatic rings. The smallest absolute Gasteiger partial charge is 0.335 e. The second-order valence-corrected chi connectivity index (χ2v) is 7.04. The number of carboxylic acid groups (broad SMARTS) is 1. The maximum absolute atomic E-state index is 13.9. The second kappa shape index (κ2) is 7.69. The van der Waals surface area contributed by atoms with Crippen molar-refractivity contribution in [1.82, 2.24) is 0 Å². The summed E-state index contributed by atoms with van der Waals surface area (Å²) in [4.78, 5) is 12.1. The average molecular weight is 384 g/mol. The number of hydrogen-bond donors (Lipinski definition) is 2. The molecular weight excluding hydrogens is 366 g/mol. The Balaban J connectivity index is 2.57. The first-order valence-electron chi connectivity index (χ1n) is 7.79. The highest BCUT2D eigenvalue weighted by atomic mass is 32.2. The van der Waals surface area contributed by atoms with E-state index in [4.69, 9.17) is 5.11 Å². The number of nitrogens with zero attached hydrogens (tertiary/aromatic N) is 1. The molecule has 0 amide bonds. The molecule has 0 saturated heterocycles. The maximum atomic E-state index is 13.9. The van der Waals surface area contributed by atoms with Crippen LogP contribution < -0.4 is 9.62 Å². The quantitative estimate of drug-likeness (QED) is 0.765. The number of benzene rings is 2. The molecule has 26 heavy (non-hydrogen) atoms. The number of sulfonamides is 1. The lowest BCUT2D eigenvalue weighted by Crippen LogP contribution is -2.24. The number of carbonyl (C=O) groups is 1. The summed E-state index contributed by atoms with van der Waals surface area (Å²) in [6, 6.07) is 6.04. The summed E-state index contributed by atoms with van der Waals surface area (Å²) in [6.45, 7) is 4.76. The number of hydrogen-bond acceptors (Lipinski definition) is 4. The topological polar surface area (TPSA) is 86.7 Å². The van der Waals surface area contributed by atoms with Crippen LogP contribution in [0.25, 0.3) is 0 Å². The molecule has 2 aromatic rings. The van der Waals surface area contributed by atoms with Gasteiger partial charge in [-0.2, -0.15) is 0 Å². The molecule has 0 unspecified atom stereocenters. The lowest BCUT2D eigenvalue weighted by atomic mass is 10.1. The fourth-order valence-electron chi connectivity index (χ4n) is 2.47. The first-order valence-corrected chi connectivity index (χ1v) is 9.28. The van der Waals surface area contributed by atoms with Crippen LogP contribution in [0.5, 0.6) is 0 Å². The van der Waals surface area contributed by atoms with Gasteiger partial charge in [0.15, 0.2) is 0 Å². The van der Waals surface area contributed by atoms with Crippen molar-refractivity contribution >= 4 is 27.4 Å². The molecular formula is C17H18F2N2O4S. The van der Waals surface area contributed by atoms with Gasteiger partial charge in [-0.15, -0.1) is 0 Å². The SMILES string of the molecule is CCN(CC)c1ccc(C(=O)O)cc1NS(=O)(=O)c1cc(F)ccc1F. The Bertz CT molecular complexity index is 928. The minimum absolute atomic E-state index is 0.0303. The molecule has 0 aliphatic heterocycles. The van der Waals surface area contributed by atoms with E-state index >= 15 is 0 Å². The van der Waals surface area contributed by atoms with E-state index in [2.05, 4.69) is 4.72 Å². The first-order chi connectivity index (χ1) is 12.2. The summed E-state index contributed by atoms with van der Waals surface area (Å²) < 4.78 is 54.5. The van der Waals surface area contributed by atoms with Crippen LogP contribution in [0.3, 0.4) is 0 Å². The van der Waals surface area contributed by atoms with Crippen LogP contribution in [0.2, 0.25) is 0 Å². The van der Waals surface area contributed by atoms with Crippen LogP contribution in [-0.4, -0.2) is 32.6 Å². The molecule has 0 atom stereocenters. The predicted octanol–water partition coefficient (Wildman–Crippen LogP) is 3.31. The number of carboxylic acids is 1. The number of aromatic carboxylic acids is 1. The molecule has 2 aromatic carbocycles. The molecule has 0 aromatic heterocycles. The third-order valence-corrected chi connectivity index (χ3v) is 5.16. The zero-order valence-corrected chi connectivity index (χ0v) is 15.0. The van der Waals surface area contributed by atoms with E-state index in [-0.39, 0.29) is 11.3 Å². The van der Waals surface area contributed by atoms with Gasteiger partial charge in [-0.25, -0.2) is 22.0 Å². The Kier molecular flexibility index (Phi) is 5.81. The van der Waals surface area contributed by atoms with Gasteiger partial charge in [0.2, 0.25) is 0 Å². The Labute approximate surface area is 150 Å². The van der Waals surface area contributed by atoms with Crippen LogP contribution >= 0.6 is 0 Å². The summed E-state index contributed by atoms with van der Waals surface area (Å²) in [5.41, 5.74) is 0.260. The Morgan fingerprint density at radius 3 is 2.35 bits per heavy atom. The van der Waals surface area contributed by atoms with Crippen molar-refractivity contribution < 1.29 is 27.1 Å². The van der Waals surface area contributed by atoms with Gasteiger partial charge < -0.3 is 10.0 Å². The van der Waals surface area contributed by atoms with Crippen molar-refractivity contribution in [2.45, 2.75) is 18.7 Å². The Hall–Kier alpha value is -2.68. The van der Waals surface area contributed by atoms with E-state index in [1.165, 1.54) is 12.1 Å². The van der Waals surface area contributed by atoms with E-state index in [1.807, 2.05) is 13.8 Å². The summed E-state index contributed by atoms with van der Waals surface area (Å²) >= 11 is 0. The van der Waals surface area contributed by atoms with Gasteiger partial charge in [0.25, 0.3) is 10.0 Å². The van der Waals surface area contributed by atoms with E-state index in [0.29, 0.717) is 30.9 Å². The molecule has 0 aliphatic carbocycles. The van der Waals surface area contributed by atoms with Crippen molar-refractivity contribution in [3.63, 3.8) is 0 Å². The predicted molar refractivity (Wildman–Crippen MR) is 94.1 cm³/mol. The highest BCUT2D eigenvalue weighted by Crippen LogP contribution is 2.30. The lowest BCUT2D eigenvalue weighted by Gasteiger charge is -2.25. The van der Waals surface area contributed by atoms with Gasteiger partial charge in [0.1, 0.15) is 16.5 Å². The average Bonchev–Trinajstić information content (AvgIpc) is 2.58. The van der Waals surface area contributed by atoms with Crippen molar-refractivity contribution in [1.29, 1.82) is 0 Å². The van der Waals surface area contributed by atoms with Gasteiger partial charge in [0, 0.05) is 13.1 Å². The number of rotatable bonds is 7. The van der Waals surface area contributed by atoms with Crippen molar-refractivity contribution in [3.05, 3.63) is 53.6 Å². The zero-order valence-electron chi connectivity index (χ0n) is 14.2. The molecule has 2 rings (SSSR count). The fourth-order valence-corrected chi connectivity index (χ4v) is 3.63. The summed E-state index contributed by atoms with van der Waals surface area (Å²) in [5, 5.41) is 9.15. The van der Waals surface area contributed by atoms with E-state index in [1.54, 1.807) is 4.90 Å². The second-order valence-electron chi connectivity index (χ2n) is 5.39. The number of halogens is 2. The van der Waals surface area contributed by atoms with Gasteiger partial charge in [-0.3, -0.25) is 4.72 Å². The Morgan fingerprint density at radius 1 is 1.12 bits per heavy atom.